The van der Waals surface area contributed by atoms with Crippen molar-refractivity contribution in [3.63, 3.8) is 0 Å². The molecule has 0 aliphatic heterocycles. The van der Waals surface area contributed by atoms with Crippen molar-refractivity contribution in [1.29, 1.82) is 0 Å². The molecule has 2 aromatic rings. The number of anilines is 2. The number of Topliss-reactive ketones (excluding diaryl/α,β-unsaturated/α-hetero) is 1. The van der Waals surface area contributed by atoms with Crippen molar-refractivity contribution in [2.24, 2.45) is 0 Å². The number of halogens is 1. The minimum Gasteiger partial charge on any atom is -0.353 e. The van der Waals surface area contributed by atoms with Crippen LogP contribution in [0.2, 0.25) is 0 Å². The summed E-state index contributed by atoms with van der Waals surface area (Å²) >= 11 is 0. The van der Waals surface area contributed by atoms with Gasteiger partial charge < -0.3 is 5.32 Å². The standard InChI is InChI=1S/C14H12FNO/c1-10(17)11-7-8-14(13(15)9-11)16-12-5-3-2-4-6-12/h2-9,16H,1H3. The van der Waals surface area contributed by atoms with Crippen LogP contribution in [-0.4, -0.2) is 5.78 Å². The van der Waals surface area contributed by atoms with Crippen LogP contribution in [0.1, 0.15) is 17.3 Å². The lowest BCUT2D eigenvalue weighted by Crippen LogP contribution is -1.97. The van der Waals surface area contributed by atoms with Crippen molar-refractivity contribution in [2.75, 3.05) is 5.32 Å². The Labute approximate surface area is 99.1 Å². The number of hydrogen-bond acceptors (Lipinski definition) is 2. The molecule has 1 N–H and O–H groups in total. The van der Waals surface area contributed by atoms with Crippen LogP contribution >= 0.6 is 0 Å². The maximum Gasteiger partial charge on any atom is 0.159 e. The summed E-state index contributed by atoms with van der Waals surface area (Å²) in [5.74, 6) is -0.572. The molecular weight excluding hydrogens is 217 g/mol. The van der Waals surface area contributed by atoms with E-state index >= 15 is 0 Å². The Morgan fingerprint density at radius 1 is 1.12 bits per heavy atom. The third-order valence-corrected chi connectivity index (χ3v) is 2.43. The highest BCUT2D eigenvalue weighted by atomic mass is 19.1. The fraction of sp³-hybridized carbons (Fsp3) is 0.0714. The normalized spacial score (nSPS) is 10.0. The molecule has 0 unspecified atom stereocenters. The zero-order chi connectivity index (χ0) is 12.3. The van der Waals surface area contributed by atoms with Gasteiger partial charge >= 0.3 is 0 Å². The molecule has 0 aliphatic carbocycles. The number of ketones is 1. The van der Waals surface area contributed by atoms with E-state index in [4.69, 9.17) is 0 Å². The highest BCUT2D eigenvalue weighted by Crippen LogP contribution is 2.20. The largest absolute Gasteiger partial charge is 0.353 e. The predicted octanol–water partition coefficient (Wildman–Crippen LogP) is 3.77. The van der Waals surface area contributed by atoms with Crippen LogP contribution in [-0.2, 0) is 0 Å². The van der Waals surface area contributed by atoms with Gasteiger partial charge in [0.15, 0.2) is 5.78 Å². The number of carbonyl (C=O) groups excluding carboxylic acids is 1. The summed E-state index contributed by atoms with van der Waals surface area (Å²) in [7, 11) is 0. The van der Waals surface area contributed by atoms with E-state index < -0.39 is 5.82 Å². The van der Waals surface area contributed by atoms with Crippen molar-refractivity contribution < 1.29 is 9.18 Å². The summed E-state index contributed by atoms with van der Waals surface area (Å²) in [4.78, 5) is 11.1. The third kappa shape index (κ3) is 2.69. The van der Waals surface area contributed by atoms with Crippen molar-refractivity contribution in [1.82, 2.24) is 0 Å². The van der Waals surface area contributed by atoms with Crippen LogP contribution in [0.4, 0.5) is 15.8 Å². The first-order chi connectivity index (χ1) is 8.16. The average Bonchev–Trinajstić information content (AvgIpc) is 2.33. The van der Waals surface area contributed by atoms with Gasteiger partial charge in [-0.2, -0.15) is 0 Å². The molecule has 0 aliphatic rings. The van der Waals surface area contributed by atoms with E-state index in [2.05, 4.69) is 5.32 Å². The second kappa shape index (κ2) is 4.78. The van der Waals surface area contributed by atoms with Crippen LogP contribution in [0, 0.1) is 5.82 Å². The van der Waals surface area contributed by atoms with Gasteiger partial charge in [-0.15, -0.1) is 0 Å². The van der Waals surface area contributed by atoms with Gasteiger partial charge in [-0.3, -0.25) is 4.79 Å². The summed E-state index contributed by atoms with van der Waals surface area (Å²) in [5, 5.41) is 2.95. The number of nitrogens with one attached hydrogen (secondary N) is 1. The van der Waals surface area contributed by atoms with Gasteiger partial charge in [-0.1, -0.05) is 18.2 Å². The van der Waals surface area contributed by atoms with E-state index in [1.807, 2.05) is 30.3 Å². The molecular formula is C14H12FNO. The molecule has 0 spiro atoms. The Morgan fingerprint density at radius 3 is 2.41 bits per heavy atom. The molecule has 86 valence electrons. The molecule has 2 nitrogen and oxygen atoms in total. The molecule has 0 amide bonds. The Kier molecular flexibility index (Phi) is 3.19. The van der Waals surface area contributed by atoms with Gasteiger partial charge in [0.25, 0.3) is 0 Å². The zero-order valence-corrected chi connectivity index (χ0v) is 9.41. The fourth-order valence-corrected chi connectivity index (χ4v) is 1.51. The van der Waals surface area contributed by atoms with Gasteiger partial charge in [0.2, 0.25) is 0 Å². The summed E-state index contributed by atoms with van der Waals surface area (Å²) in [5.41, 5.74) is 1.55. The highest BCUT2D eigenvalue weighted by molar-refractivity contribution is 5.94. The Balaban J connectivity index is 2.26. The predicted molar refractivity (Wildman–Crippen MR) is 66.1 cm³/mol. The molecule has 0 radical (unpaired) electrons. The molecule has 0 saturated carbocycles. The van der Waals surface area contributed by atoms with E-state index in [-0.39, 0.29) is 5.78 Å². The quantitative estimate of drug-likeness (QED) is 0.811. The maximum atomic E-state index is 13.7. The number of benzene rings is 2. The lowest BCUT2D eigenvalue weighted by Gasteiger charge is -2.08. The molecule has 0 aromatic heterocycles. The molecule has 17 heavy (non-hydrogen) atoms. The lowest BCUT2D eigenvalue weighted by molar-refractivity contribution is 0.101. The van der Waals surface area contributed by atoms with Crippen molar-refractivity contribution in [2.45, 2.75) is 6.92 Å². The molecule has 0 fully saturated rings. The van der Waals surface area contributed by atoms with Gasteiger partial charge in [-0.05, 0) is 37.3 Å². The second-order valence-electron chi connectivity index (χ2n) is 3.74. The van der Waals surface area contributed by atoms with Gasteiger partial charge in [0.1, 0.15) is 5.82 Å². The maximum absolute atomic E-state index is 13.7. The molecule has 2 aromatic carbocycles. The smallest absolute Gasteiger partial charge is 0.159 e. The third-order valence-electron chi connectivity index (χ3n) is 2.43. The van der Waals surface area contributed by atoms with Gasteiger partial charge in [0, 0.05) is 11.3 Å². The van der Waals surface area contributed by atoms with Crippen molar-refractivity contribution >= 4 is 17.2 Å². The first-order valence-electron chi connectivity index (χ1n) is 5.29. The fourth-order valence-electron chi connectivity index (χ4n) is 1.51. The summed E-state index contributed by atoms with van der Waals surface area (Å²) in [6.45, 7) is 1.42. The monoisotopic (exact) mass is 229 g/mol. The van der Waals surface area contributed by atoms with Gasteiger partial charge in [-0.25, -0.2) is 4.39 Å². The number of rotatable bonds is 3. The van der Waals surface area contributed by atoms with Crippen molar-refractivity contribution in [3.8, 4) is 0 Å². The summed E-state index contributed by atoms with van der Waals surface area (Å²) in [6.07, 6.45) is 0. The van der Waals surface area contributed by atoms with Crippen LogP contribution in [0.5, 0.6) is 0 Å². The van der Waals surface area contributed by atoms with E-state index in [0.29, 0.717) is 11.3 Å². The first kappa shape index (κ1) is 11.3. The summed E-state index contributed by atoms with van der Waals surface area (Å²) < 4.78 is 13.7. The summed E-state index contributed by atoms with van der Waals surface area (Å²) in [6, 6.07) is 13.7. The van der Waals surface area contributed by atoms with E-state index in [0.717, 1.165) is 5.69 Å². The zero-order valence-electron chi connectivity index (χ0n) is 9.41. The van der Waals surface area contributed by atoms with Crippen molar-refractivity contribution in [3.05, 3.63) is 59.9 Å². The SMILES string of the molecule is CC(=O)c1ccc(Nc2ccccc2)c(F)c1. The minimum atomic E-state index is -0.429. The lowest BCUT2D eigenvalue weighted by atomic mass is 10.1. The first-order valence-corrected chi connectivity index (χ1v) is 5.29. The molecule has 3 heteroatoms. The topological polar surface area (TPSA) is 29.1 Å². The number of carbonyl (C=O) groups is 1. The highest BCUT2D eigenvalue weighted by Gasteiger charge is 2.06. The van der Waals surface area contributed by atoms with Crippen LogP contribution < -0.4 is 5.32 Å². The average molecular weight is 229 g/mol. The Morgan fingerprint density at radius 2 is 1.82 bits per heavy atom. The Hall–Kier alpha value is -2.16. The molecule has 0 saturated heterocycles. The van der Waals surface area contributed by atoms with E-state index in [1.54, 1.807) is 12.1 Å². The van der Waals surface area contributed by atoms with E-state index in [1.165, 1.54) is 13.0 Å². The molecule has 0 atom stereocenters. The van der Waals surface area contributed by atoms with Gasteiger partial charge in [0.05, 0.1) is 5.69 Å². The van der Waals surface area contributed by atoms with Crippen LogP contribution in [0.3, 0.4) is 0 Å². The second-order valence-corrected chi connectivity index (χ2v) is 3.74. The minimum absolute atomic E-state index is 0.143. The molecule has 0 heterocycles. The Bertz CT molecular complexity index is 537. The van der Waals surface area contributed by atoms with Crippen LogP contribution in [0.15, 0.2) is 48.5 Å². The number of para-hydroxylation sites is 1. The molecule has 2 rings (SSSR count). The van der Waals surface area contributed by atoms with E-state index in [9.17, 15) is 9.18 Å². The molecule has 0 bridgehead atoms. The number of hydrogen-bond donors (Lipinski definition) is 1. The van der Waals surface area contributed by atoms with Crippen LogP contribution in [0.25, 0.3) is 0 Å².